The predicted molar refractivity (Wildman–Crippen MR) is 148 cm³/mol. The van der Waals surface area contributed by atoms with E-state index >= 15 is 0 Å². The molecule has 0 spiro atoms. The van der Waals surface area contributed by atoms with Gasteiger partial charge in [0.25, 0.3) is 0 Å². The number of hydrogen-bond acceptors (Lipinski definition) is 0. The monoisotopic (exact) mass is 438 g/mol. The minimum absolute atomic E-state index is 0. The average molecular weight is 439 g/mol. The summed E-state index contributed by atoms with van der Waals surface area (Å²) < 4.78 is 0. The molecule has 0 bridgehead atoms. The minimum Gasteiger partial charge on any atom is -0.315 e. The third kappa shape index (κ3) is 22.0. The molecule has 0 heterocycles. The van der Waals surface area contributed by atoms with Crippen LogP contribution in [0.25, 0.3) is 0 Å². The normalized spacial score (nSPS) is 11.1. The SMILES string of the molecule is CCCCC#C[B-](CCCCCCCC)(CCCCCCCC)CCCCCCCC.[Li+]. The largest absolute Gasteiger partial charge is 1.00 e. The van der Waals surface area contributed by atoms with Crippen molar-refractivity contribution in [3.8, 4) is 11.7 Å². The third-order valence-corrected chi connectivity index (χ3v) is 7.39. The van der Waals surface area contributed by atoms with Crippen molar-refractivity contribution in [3.05, 3.63) is 0 Å². The van der Waals surface area contributed by atoms with Crippen LogP contribution in [0.4, 0.5) is 0 Å². The molecule has 0 unspecified atom stereocenters. The Morgan fingerprint density at radius 1 is 0.406 bits per heavy atom. The fraction of sp³-hybridized carbons (Fsp3) is 0.933. The van der Waals surface area contributed by atoms with Gasteiger partial charge in [0.05, 0.1) is 6.15 Å². The molecule has 0 saturated heterocycles. The number of unbranched alkanes of at least 4 members (excludes halogenated alkanes) is 17. The quantitative estimate of drug-likeness (QED) is 0.0856. The Hall–Kier alpha value is 0.222. The summed E-state index contributed by atoms with van der Waals surface area (Å²) in [4.78, 5) is 0. The molecular formula is C30H60BLi. The third-order valence-electron chi connectivity index (χ3n) is 7.39. The first-order chi connectivity index (χ1) is 15.2. The topological polar surface area (TPSA) is 0 Å². The van der Waals surface area contributed by atoms with Crippen molar-refractivity contribution in [2.24, 2.45) is 0 Å². The van der Waals surface area contributed by atoms with Crippen LogP contribution >= 0.6 is 0 Å². The molecule has 0 aliphatic heterocycles. The van der Waals surface area contributed by atoms with Crippen molar-refractivity contribution in [3.63, 3.8) is 0 Å². The fourth-order valence-corrected chi connectivity index (χ4v) is 5.15. The van der Waals surface area contributed by atoms with Gasteiger partial charge in [-0.1, -0.05) is 150 Å². The van der Waals surface area contributed by atoms with Crippen LogP contribution in [0, 0.1) is 11.7 Å². The molecule has 0 aliphatic carbocycles. The summed E-state index contributed by atoms with van der Waals surface area (Å²) in [5.74, 6) is 7.68. The molecule has 0 rings (SSSR count). The van der Waals surface area contributed by atoms with Gasteiger partial charge < -0.3 is 5.82 Å². The van der Waals surface area contributed by atoms with Crippen LogP contribution in [0.5, 0.6) is 0 Å². The second-order valence-corrected chi connectivity index (χ2v) is 10.6. The standard InChI is InChI=1S/C30H60B.Li/c1-5-9-13-17-20-24-28-31(27-23-16-12-8-4,29-25-21-18-14-10-6-2)30-26-22-19-15-11-7-3;/h5-22,24-26,28-30H2,1-4H3;/q-1;+1. The predicted octanol–water partition coefficient (Wildman–Crippen LogP) is 8.25. The van der Waals surface area contributed by atoms with Crippen LogP contribution in [0.15, 0.2) is 0 Å². The van der Waals surface area contributed by atoms with Crippen molar-refractivity contribution >= 4 is 6.15 Å². The maximum atomic E-state index is 3.99. The van der Waals surface area contributed by atoms with Crippen molar-refractivity contribution in [2.75, 3.05) is 0 Å². The zero-order chi connectivity index (χ0) is 22.9. The van der Waals surface area contributed by atoms with Gasteiger partial charge >= 0.3 is 18.9 Å². The Morgan fingerprint density at radius 3 is 1.06 bits per heavy atom. The maximum absolute atomic E-state index is 3.99. The molecule has 0 radical (unpaired) electrons. The van der Waals surface area contributed by atoms with Gasteiger partial charge in [0.15, 0.2) is 0 Å². The summed E-state index contributed by atoms with van der Waals surface area (Å²) in [5.41, 5.74) is 0. The van der Waals surface area contributed by atoms with Crippen LogP contribution in [-0.4, -0.2) is 6.15 Å². The van der Waals surface area contributed by atoms with Gasteiger partial charge in [-0.3, -0.25) is 0 Å². The molecule has 0 aromatic carbocycles. The summed E-state index contributed by atoms with van der Waals surface area (Å²) in [6.45, 7) is 9.26. The van der Waals surface area contributed by atoms with Gasteiger partial charge in [-0.25, -0.2) is 0 Å². The molecule has 0 saturated carbocycles. The van der Waals surface area contributed by atoms with Gasteiger partial charge in [-0.2, -0.15) is 24.9 Å². The molecule has 184 valence electrons. The summed E-state index contributed by atoms with van der Waals surface area (Å²) in [7, 11) is 0. The minimum atomic E-state index is -0.455. The molecular weight excluding hydrogens is 378 g/mol. The molecule has 0 aromatic rings. The number of rotatable bonds is 23. The van der Waals surface area contributed by atoms with E-state index in [2.05, 4.69) is 39.4 Å². The molecule has 32 heavy (non-hydrogen) atoms. The van der Waals surface area contributed by atoms with Gasteiger partial charge in [0, 0.05) is 6.42 Å². The summed E-state index contributed by atoms with van der Waals surface area (Å²) in [6, 6.07) is 0. The van der Waals surface area contributed by atoms with E-state index < -0.39 is 6.15 Å². The van der Waals surface area contributed by atoms with Gasteiger partial charge in [0.1, 0.15) is 0 Å². The molecule has 0 aliphatic rings. The average Bonchev–Trinajstić information content (AvgIpc) is 2.78. The van der Waals surface area contributed by atoms with Crippen LogP contribution in [0.3, 0.4) is 0 Å². The molecule has 0 aromatic heterocycles. The van der Waals surface area contributed by atoms with E-state index in [4.69, 9.17) is 0 Å². The van der Waals surface area contributed by atoms with Crippen molar-refractivity contribution < 1.29 is 18.9 Å². The van der Waals surface area contributed by atoms with Gasteiger partial charge in [-0.05, 0) is 6.42 Å². The van der Waals surface area contributed by atoms with Gasteiger partial charge in [-0.15, -0.1) is 0 Å². The van der Waals surface area contributed by atoms with E-state index in [1.54, 1.807) is 0 Å². The smallest absolute Gasteiger partial charge is 0.315 e. The summed E-state index contributed by atoms with van der Waals surface area (Å²) >= 11 is 0. The number of hydrogen-bond donors (Lipinski definition) is 0. The molecule has 0 amide bonds. The first-order valence-electron chi connectivity index (χ1n) is 14.9. The fourth-order valence-electron chi connectivity index (χ4n) is 5.15. The van der Waals surface area contributed by atoms with Crippen LogP contribution < -0.4 is 18.9 Å². The Bertz CT molecular complexity index is 368. The molecule has 0 atom stereocenters. The first kappa shape index (κ1) is 34.4. The molecule has 0 fully saturated rings. The Labute approximate surface area is 217 Å². The van der Waals surface area contributed by atoms with E-state index in [0.29, 0.717) is 0 Å². The van der Waals surface area contributed by atoms with Crippen molar-refractivity contribution in [1.82, 2.24) is 0 Å². The van der Waals surface area contributed by atoms with Crippen LogP contribution in [0.1, 0.15) is 163 Å². The van der Waals surface area contributed by atoms with Crippen molar-refractivity contribution in [1.29, 1.82) is 0 Å². The zero-order valence-corrected chi connectivity index (χ0v) is 23.5. The second kappa shape index (κ2) is 27.5. The van der Waals surface area contributed by atoms with Crippen LogP contribution in [-0.2, 0) is 0 Å². The Kier molecular flexibility index (Phi) is 29.5. The Morgan fingerprint density at radius 2 is 0.719 bits per heavy atom. The molecule has 2 heteroatoms. The van der Waals surface area contributed by atoms with E-state index in [1.165, 1.54) is 147 Å². The van der Waals surface area contributed by atoms with E-state index in [9.17, 15) is 0 Å². The summed E-state index contributed by atoms with van der Waals surface area (Å²) in [6.07, 6.45) is 33.1. The zero-order valence-electron chi connectivity index (χ0n) is 23.5. The van der Waals surface area contributed by atoms with Crippen LogP contribution in [0.2, 0.25) is 19.0 Å². The van der Waals surface area contributed by atoms with Crippen molar-refractivity contribution in [2.45, 2.75) is 181 Å². The molecule has 0 N–H and O–H groups in total. The van der Waals surface area contributed by atoms with E-state index in [-0.39, 0.29) is 18.9 Å². The second-order valence-electron chi connectivity index (χ2n) is 10.6. The maximum Gasteiger partial charge on any atom is 1.00 e. The van der Waals surface area contributed by atoms with Gasteiger partial charge in [0.2, 0.25) is 0 Å². The first-order valence-corrected chi connectivity index (χ1v) is 14.9. The Balaban J connectivity index is 0. The van der Waals surface area contributed by atoms with E-state index in [0.717, 1.165) is 6.42 Å². The molecule has 0 nitrogen and oxygen atoms in total. The summed E-state index contributed by atoms with van der Waals surface area (Å²) in [5, 5.41) is 0. The van der Waals surface area contributed by atoms with E-state index in [1.807, 2.05) is 0 Å².